The van der Waals surface area contributed by atoms with Gasteiger partial charge in [0.2, 0.25) is 0 Å². The van der Waals surface area contributed by atoms with Gasteiger partial charge in [0.05, 0.1) is 12.1 Å². The van der Waals surface area contributed by atoms with E-state index in [1.54, 1.807) is 0 Å². The van der Waals surface area contributed by atoms with Crippen LogP contribution in [0.2, 0.25) is 0 Å². The number of aliphatic carboxylic acids is 1. The van der Waals surface area contributed by atoms with Gasteiger partial charge < -0.3 is 15.7 Å². The molecule has 4 rings (SSSR count). The second-order valence-corrected chi connectivity index (χ2v) is 8.69. The van der Waals surface area contributed by atoms with Crippen molar-refractivity contribution in [2.24, 2.45) is 0 Å². The average molecular weight is 425 g/mol. The third kappa shape index (κ3) is 6.95. The Morgan fingerprint density at radius 1 is 0.967 bits per heavy atom. The van der Waals surface area contributed by atoms with E-state index in [1.165, 1.54) is 11.1 Å². The van der Waals surface area contributed by atoms with Crippen molar-refractivity contribution < 1.29 is 14.7 Å². The van der Waals surface area contributed by atoms with Crippen molar-refractivity contribution in [3.63, 3.8) is 0 Å². The fourth-order valence-corrected chi connectivity index (χ4v) is 5.13. The predicted octanol–water partition coefficient (Wildman–Crippen LogP) is 4.65. The molecule has 0 aromatic heterocycles. The fourth-order valence-electron chi connectivity index (χ4n) is 3.59. The highest BCUT2D eigenvalue weighted by molar-refractivity contribution is 8.00. The molecule has 0 bridgehead atoms. The molecule has 2 aliphatic rings. The number of benzene rings is 2. The third-order valence-corrected chi connectivity index (χ3v) is 6.64. The molecule has 0 aliphatic carbocycles. The molecule has 2 aliphatic heterocycles. The number of amides is 2. The Balaban J connectivity index is 0.000000172. The van der Waals surface area contributed by atoms with E-state index < -0.39 is 5.97 Å². The van der Waals surface area contributed by atoms with E-state index in [9.17, 15) is 9.59 Å². The van der Waals surface area contributed by atoms with Gasteiger partial charge in [-0.15, -0.1) is 0 Å². The van der Waals surface area contributed by atoms with Crippen LogP contribution in [0.1, 0.15) is 36.8 Å². The lowest BCUT2D eigenvalue weighted by molar-refractivity contribution is -0.137. The van der Waals surface area contributed by atoms with Gasteiger partial charge in [0.25, 0.3) is 0 Å². The lowest BCUT2D eigenvalue weighted by Crippen LogP contribution is -2.36. The maximum atomic E-state index is 11.1. The molecule has 2 aromatic rings. The Kier molecular flexibility index (Phi) is 8.39. The number of hydrogen-bond donors (Lipinski definition) is 3. The quantitative estimate of drug-likeness (QED) is 0.343. The van der Waals surface area contributed by atoms with Gasteiger partial charge in [0.1, 0.15) is 0 Å². The molecule has 0 spiro atoms. The maximum absolute atomic E-state index is 11.1. The smallest absolute Gasteiger partial charge is 0.315 e. The molecule has 3 N–H and O–H groups in total. The average Bonchev–Trinajstić information content (AvgIpc) is 3.31. The van der Waals surface area contributed by atoms with E-state index in [2.05, 4.69) is 47.1 Å². The molecule has 30 heavy (non-hydrogen) atoms. The molecule has 0 saturated carbocycles. The van der Waals surface area contributed by atoms with Gasteiger partial charge in [-0.2, -0.15) is 11.8 Å². The van der Waals surface area contributed by atoms with Gasteiger partial charge >= 0.3 is 12.0 Å². The Hall–Kier alpha value is -2.73. The van der Waals surface area contributed by atoms with Crippen molar-refractivity contribution in [2.45, 2.75) is 43.0 Å². The zero-order chi connectivity index (χ0) is 21.2. The second-order valence-electron chi connectivity index (χ2n) is 7.42. The number of thioether (sulfide) groups is 1. The summed E-state index contributed by atoms with van der Waals surface area (Å²) in [5, 5.41) is 14.8. The maximum Gasteiger partial charge on any atom is 0.315 e. The standard InChI is InChI=1S/C14H12.C10H16N2O3S/c1-3-7-13(8-4-1)11-12-14-9-5-2-6-10-14;13-8(14)4-2-1-3-7-9-6(5-16-7)11-10(15)12-9/h1-12H;6-7,9H,1-5H2,(H,13,14)(H2,11,12,15)/t;6-,7-,9-/m.0/s1. The summed E-state index contributed by atoms with van der Waals surface area (Å²) in [6.45, 7) is 0. The van der Waals surface area contributed by atoms with Crippen LogP contribution in [0.15, 0.2) is 60.7 Å². The Labute approximate surface area is 182 Å². The summed E-state index contributed by atoms with van der Waals surface area (Å²) in [6, 6.07) is 21.1. The minimum atomic E-state index is -0.729. The molecular formula is C24H28N2O3S. The summed E-state index contributed by atoms with van der Waals surface area (Å²) in [6.07, 6.45) is 7.12. The number of fused-ring (bicyclic) bond motifs is 1. The van der Waals surface area contributed by atoms with Crippen LogP contribution in [0.25, 0.3) is 12.2 Å². The van der Waals surface area contributed by atoms with Crippen molar-refractivity contribution in [2.75, 3.05) is 5.75 Å². The fraction of sp³-hybridized carbons (Fsp3) is 0.333. The van der Waals surface area contributed by atoms with Gasteiger partial charge in [-0.25, -0.2) is 4.79 Å². The Morgan fingerprint density at radius 2 is 1.57 bits per heavy atom. The minimum absolute atomic E-state index is 0.0640. The highest BCUT2D eigenvalue weighted by Gasteiger charge is 2.42. The number of carboxylic acid groups (broad SMARTS) is 1. The first-order chi connectivity index (χ1) is 14.6. The predicted molar refractivity (Wildman–Crippen MR) is 123 cm³/mol. The SMILES string of the molecule is C(=Cc1ccccc1)c1ccccc1.O=C(O)CCCC[C@@H]1SC[C@@H]2NC(=O)N[C@@H]21. The van der Waals surface area contributed by atoms with Crippen LogP contribution in [-0.4, -0.2) is 40.2 Å². The monoisotopic (exact) mass is 424 g/mol. The van der Waals surface area contributed by atoms with E-state index in [4.69, 9.17) is 5.11 Å². The Bertz CT molecular complexity index is 801. The minimum Gasteiger partial charge on any atom is -0.481 e. The first-order valence-electron chi connectivity index (χ1n) is 10.3. The Morgan fingerprint density at radius 3 is 2.13 bits per heavy atom. The number of urea groups is 1. The molecule has 158 valence electrons. The molecule has 0 unspecified atom stereocenters. The van der Waals surface area contributed by atoms with Crippen LogP contribution >= 0.6 is 11.8 Å². The van der Waals surface area contributed by atoms with Crippen LogP contribution in [0.3, 0.4) is 0 Å². The number of rotatable bonds is 7. The molecule has 3 atom stereocenters. The summed E-state index contributed by atoms with van der Waals surface area (Å²) in [4.78, 5) is 21.5. The molecular weight excluding hydrogens is 396 g/mol. The van der Waals surface area contributed by atoms with Crippen LogP contribution in [0.4, 0.5) is 4.79 Å². The van der Waals surface area contributed by atoms with Crippen molar-refractivity contribution in [1.82, 2.24) is 10.6 Å². The number of carboxylic acids is 1. The largest absolute Gasteiger partial charge is 0.481 e. The summed E-state index contributed by atoms with van der Waals surface area (Å²) in [7, 11) is 0. The number of nitrogens with one attached hydrogen (secondary N) is 2. The zero-order valence-electron chi connectivity index (χ0n) is 16.9. The lowest BCUT2D eigenvalue weighted by Gasteiger charge is -2.16. The highest BCUT2D eigenvalue weighted by atomic mass is 32.2. The first kappa shape index (κ1) is 22.0. The van der Waals surface area contributed by atoms with Gasteiger partial charge in [-0.3, -0.25) is 4.79 Å². The second kappa shape index (κ2) is 11.5. The van der Waals surface area contributed by atoms with Gasteiger partial charge in [0, 0.05) is 17.4 Å². The van der Waals surface area contributed by atoms with Crippen LogP contribution in [0, 0.1) is 0 Å². The number of unbranched alkanes of at least 4 members (excludes halogenated alkanes) is 1. The van der Waals surface area contributed by atoms with Crippen molar-refractivity contribution in [1.29, 1.82) is 0 Å². The first-order valence-corrected chi connectivity index (χ1v) is 11.4. The molecule has 5 nitrogen and oxygen atoms in total. The van der Waals surface area contributed by atoms with Crippen LogP contribution < -0.4 is 10.6 Å². The molecule has 2 aromatic carbocycles. The zero-order valence-corrected chi connectivity index (χ0v) is 17.7. The summed E-state index contributed by atoms with van der Waals surface area (Å²) in [5.41, 5.74) is 2.47. The highest BCUT2D eigenvalue weighted by Crippen LogP contribution is 2.33. The van der Waals surface area contributed by atoms with Gasteiger partial charge in [-0.05, 0) is 24.0 Å². The van der Waals surface area contributed by atoms with Crippen LogP contribution in [-0.2, 0) is 4.79 Å². The van der Waals surface area contributed by atoms with Crippen molar-refractivity contribution >= 4 is 35.9 Å². The number of carbonyl (C=O) groups excluding carboxylic acids is 1. The molecule has 2 amide bonds. The van der Waals surface area contributed by atoms with E-state index >= 15 is 0 Å². The topological polar surface area (TPSA) is 78.4 Å². The van der Waals surface area contributed by atoms with Crippen molar-refractivity contribution in [3.05, 3.63) is 71.8 Å². The summed E-state index contributed by atoms with van der Waals surface area (Å²) < 4.78 is 0. The molecule has 6 heteroatoms. The van der Waals surface area contributed by atoms with E-state index in [0.29, 0.717) is 5.25 Å². The normalized spacial score (nSPS) is 22.0. The van der Waals surface area contributed by atoms with Gasteiger partial charge in [-0.1, -0.05) is 79.2 Å². The third-order valence-electron chi connectivity index (χ3n) is 5.13. The number of carbonyl (C=O) groups is 2. The summed E-state index contributed by atoms with van der Waals surface area (Å²) >= 11 is 1.87. The molecule has 2 heterocycles. The lowest BCUT2D eigenvalue weighted by atomic mass is 10.0. The van der Waals surface area contributed by atoms with E-state index in [-0.39, 0.29) is 24.5 Å². The molecule has 2 saturated heterocycles. The number of hydrogen-bond acceptors (Lipinski definition) is 3. The van der Waals surface area contributed by atoms with Gasteiger partial charge in [0.15, 0.2) is 0 Å². The molecule has 2 fully saturated rings. The van der Waals surface area contributed by atoms with Crippen LogP contribution in [0.5, 0.6) is 0 Å². The van der Waals surface area contributed by atoms with E-state index in [0.717, 1.165) is 25.0 Å². The molecule has 0 radical (unpaired) electrons. The summed E-state index contributed by atoms with van der Waals surface area (Å²) in [5.74, 6) is 0.236. The van der Waals surface area contributed by atoms with E-state index in [1.807, 2.05) is 48.2 Å². The van der Waals surface area contributed by atoms with Crippen molar-refractivity contribution in [3.8, 4) is 0 Å².